The number of carbonyl (C=O) groups excluding carboxylic acids is 2. The van der Waals surface area contributed by atoms with Gasteiger partial charge in [0.1, 0.15) is 0 Å². The van der Waals surface area contributed by atoms with Crippen LogP contribution in [-0.4, -0.2) is 24.6 Å². The highest BCUT2D eigenvalue weighted by Crippen LogP contribution is 2.16. The van der Waals surface area contributed by atoms with Crippen molar-refractivity contribution in [3.05, 3.63) is 60.7 Å². The van der Waals surface area contributed by atoms with Crippen molar-refractivity contribution in [3.63, 3.8) is 0 Å². The zero-order chi connectivity index (χ0) is 15.1. The van der Waals surface area contributed by atoms with Crippen LogP contribution in [0.5, 0.6) is 0 Å². The van der Waals surface area contributed by atoms with Gasteiger partial charge >= 0.3 is 11.8 Å². The van der Waals surface area contributed by atoms with Crippen LogP contribution in [0.1, 0.15) is 5.56 Å². The minimum absolute atomic E-state index is 0.235. The fraction of sp³-hybridized carbons (Fsp3) is 0.0625. The summed E-state index contributed by atoms with van der Waals surface area (Å²) in [5.41, 5.74) is 3.05. The van der Waals surface area contributed by atoms with Gasteiger partial charge in [0, 0.05) is 12.1 Å². The van der Waals surface area contributed by atoms with E-state index < -0.39 is 11.8 Å². The Labute approximate surface area is 122 Å². The largest absolute Gasteiger partial charge is 0.344 e. The lowest BCUT2D eigenvalue weighted by atomic mass is 10.1. The van der Waals surface area contributed by atoms with Gasteiger partial charge in [0.2, 0.25) is 0 Å². The van der Waals surface area contributed by atoms with E-state index in [1.807, 2.05) is 42.5 Å². The van der Waals surface area contributed by atoms with E-state index in [-0.39, 0.29) is 6.54 Å². The number of nitrogens with one attached hydrogen (secondary N) is 2. The maximum atomic E-state index is 11.4. The molecule has 2 aromatic carbocycles. The molecule has 0 atom stereocenters. The van der Waals surface area contributed by atoms with E-state index >= 15 is 0 Å². The van der Waals surface area contributed by atoms with Gasteiger partial charge in [-0.3, -0.25) is 9.59 Å². The number of fused-ring (bicyclic) bond motifs is 1. The summed E-state index contributed by atoms with van der Waals surface area (Å²) in [5.74, 6) is -1.56. The number of hydrogen-bond acceptors (Lipinski definition) is 3. The lowest BCUT2D eigenvalue weighted by molar-refractivity contribution is -0.139. The van der Waals surface area contributed by atoms with Gasteiger partial charge < -0.3 is 5.32 Å². The summed E-state index contributed by atoms with van der Waals surface area (Å²) in [5, 5.41) is 8.28. The molecule has 0 aliphatic heterocycles. The molecule has 2 amide bonds. The highest BCUT2D eigenvalue weighted by Gasteiger charge is 2.10. The van der Waals surface area contributed by atoms with Crippen LogP contribution >= 0.6 is 0 Å². The third-order valence-corrected chi connectivity index (χ3v) is 2.81. The second-order valence-corrected chi connectivity index (χ2v) is 4.27. The highest BCUT2D eigenvalue weighted by molar-refractivity contribution is 6.35. The summed E-state index contributed by atoms with van der Waals surface area (Å²) in [7, 11) is 0. The molecule has 0 heterocycles. The third kappa shape index (κ3) is 3.76. The maximum absolute atomic E-state index is 11.4. The predicted octanol–water partition coefficient (Wildman–Crippen LogP) is 1.59. The number of benzene rings is 2. The van der Waals surface area contributed by atoms with Gasteiger partial charge in [-0.15, -0.1) is 6.58 Å². The number of hydrogen-bond donors (Lipinski definition) is 2. The Hall–Kier alpha value is -2.95. The summed E-state index contributed by atoms with van der Waals surface area (Å²) in [6, 6.07) is 13.6. The average Bonchev–Trinajstić information content (AvgIpc) is 2.52. The second-order valence-electron chi connectivity index (χ2n) is 4.27. The van der Waals surface area contributed by atoms with E-state index in [1.165, 1.54) is 12.3 Å². The summed E-state index contributed by atoms with van der Waals surface area (Å²) in [4.78, 5) is 22.7. The fourth-order valence-corrected chi connectivity index (χ4v) is 1.82. The molecule has 0 bridgehead atoms. The first-order valence-electron chi connectivity index (χ1n) is 6.42. The molecule has 0 radical (unpaired) electrons. The first-order chi connectivity index (χ1) is 10.2. The topological polar surface area (TPSA) is 70.6 Å². The van der Waals surface area contributed by atoms with Crippen molar-refractivity contribution >= 4 is 28.8 Å². The van der Waals surface area contributed by atoms with Crippen LogP contribution in [0.2, 0.25) is 0 Å². The minimum Gasteiger partial charge on any atom is -0.344 e. The molecule has 0 fully saturated rings. The smallest absolute Gasteiger partial charge is 0.329 e. The maximum Gasteiger partial charge on any atom is 0.329 e. The SMILES string of the molecule is C=CCNC(=O)C(=O)N/N=C/c1cccc2ccccc12. The van der Waals surface area contributed by atoms with Crippen molar-refractivity contribution in [1.29, 1.82) is 0 Å². The molecule has 21 heavy (non-hydrogen) atoms. The Morgan fingerprint density at radius 3 is 2.67 bits per heavy atom. The van der Waals surface area contributed by atoms with Crippen LogP contribution in [-0.2, 0) is 9.59 Å². The molecule has 2 N–H and O–H groups in total. The third-order valence-electron chi connectivity index (χ3n) is 2.81. The normalized spacial score (nSPS) is 10.5. The Kier molecular flexibility index (Phi) is 4.82. The number of hydrazone groups is 1. The van der Waals surface area contributed by atoms with Gasteiger partial charge in [-0.1, -0.05) is 48.5 Å². The zero-order valence-electron chi connectivity index (χ0n) is 11.4. The molecule has 0 unspecified atom stereocenters. The van der Waals surface area contributed by atoms with E-state index in [2.05, 4.69) is 22.4 Å². The molecular weight excluding hydrogens is 266 g/mol. The molecule has 106 valence electrons. The van der Waals surface area contributed by atoms with Crippen LogP contribution in [0.3, 0.4) is 0 Å². The number of carbonyl (C=O) groups is 2. The lowest BCUT2D eigenvalue weighted by Crippen LogP contribution is -2.37. The Balaban J connectivity index is 2.05. The van der Waals surface area contributed by atoms with Crippen LogP contribution in [0.15, 0.2) is 60.2 Å². The fourth-order valence-electron chi connectivity index (χ4n) is 1.82. The quantitative estimate of drug-likeness (QED) is 0.387. The van der Waals surface area contributed by atoms with Gasteiger partial charge in [-0.25, -0.2) is 5.43 Å². The number of rotatable bonds is 4. The predicted molar refractivity (Wildman–Crippen MR) is 82.9 cm³/mol. The molecule has 0 saturated heterocycles. The Bertz CT molecular complexity index is 702. The van der Waals surface area contributed by atoms with E-state index in [4.69, 9.17) is 0 Å². The molecule has 0 spiro atoms. The molecule has 0 aliphatic carbocycles. The van der Waals surface area contributed by atoms with Crippen LogP contribution in [0.4, 0.5) is 0 Å². The van der Waals surface area contributed by atoms with Gasteiger partial charge in [0.05, 0.1) is 6.21 Å². The Morgan fingerprint density at radius 2 is 1.86 bits per heavy atom. The van der Waals surface area contributed by atoms with Crippen molar-refractivity contribution in [2.45, 2.75) is 0 Å². The summed E-state index contributed by atoms with van der Waals surface area (Å²) in [6.07, 6.45) is 3.01. The van der Waals surface area contributed by atoms with Crippen molar-refractivity contribution in [3.8, 4) is 0 Å². The summed E-state index contributed by atoms with van der Waals surface area (Å²) < 4.78 is 0. The molecule has 0 aromatic heterocycles. The first kappa shape index (κ1) is 14.5. The van der Waals surface area contributed by atoms with Crippen molar-refractivity contribution in [2.75, 3.05) is 6.54 Å². The molecule has 0 saturated carbocycles. The van der Waals surface area contributed by atoms with E-state index in [1.54, 1.807) is 0 Å². The van der Waals surface area contributed by atoms with Crippen molar-refractivity contribution in [2.24, 2.45) is 5.10 Å². The van der Waals surface area contributed by atoms with Gasteiger partial charge in [0.25, 0.3) is 0 Å². The highest BCUT2D eigenvalue weighted by atomic mass is 16.2. The lowest BCUT2D eigenvalue weighted by Gasteiger charge is -2.02. The number of amides is 2. The molecule has 5 heteroatoms. The monoisotopic (exact) mass is 281 g/mol. The molecule has 2 aromatic rings. The number of nitrogens with zero attached hydrogens (tertiary/aromatic N) is 1. The summed E-state index contributed by atoms with van der Waals surface area (Å²) in [6.45, 7) is 3.68. The van der Waals surface area contributed by atoms with Crippen LogP contribution in [0.25, 0.3) is 10.8 Å². The minimum atomic E-state index is -0.812. The molecule has 5 nitrogen and oxygen atoms in total. The van der Waals surface area contributed by atoms with Gasteiger partial charge in [-0.05, 0) is 10.8 Å². The first-order valence-corrected chi connectivity index (χ1v) is 6.42. The zero-order valence-corrected chi connectivity index (χ0v) is 11.4. The van der Waals surface area contributed by atoms with Crippen LogP contribution in [0, 0.1) is 0 Å². The standard InChI is InChI=1S/C16H15N3O2/c1-2-10-17-15(20)16(21)19-18-11-13-8-5-7-12-6-3-4-9-14(12)13/h2-9,11H,1,10H2,(H,17,20)(H,19,21)/b18-11+. The molecule has 0 aliphatic rings. The van der Waals surface area contributed by atoms with Crippen LogP contribution < -0.4 is 10.7 Å². The van der Waals surface area contributed by atoms with Gasteiger partial charge in [-0.2, -0.15) is 5.10 Å². The second kappa shape index (κ2) is 7.00. The van der Waals surface area contributed by atoms with Gasteiger partial charge in [0.15, 0.2) is 0 Å². The van der Waals surface area contributed by atoms with Crippen molar-refractivity contribution < 1.29 is 9.59 Å². The van der Waals surface area contributed by atoms with Crippen molar-refractivity contribution in [1.82, 2.24) is 10.7 Å². The Morgan fingerprint density at radius 1 is 1.10 bits per heavy atom. The van der Waals surface area contributed by atoms with E-state index in [0.29, 0.717) is 0 Å². The van der Waals surface area contributed by atoms with E-state index in [0.717, 1.165) is 16.3 Å². The molecule has 2 rings (SSSR count). The average molecular weight is 281 g/mol. The summed E-state index contributed by atoms with van der Waals surface area (Å²) >= 11 is 0. The molecular formula is C16H15N3O2. The van der Waals surface area contributed by atoms with E-state index in [9.17, 15) is 9.59 Å².